The lowest BCUT2D eigenvalue weighted by Gasteiger charge is -2.28. The Morgan fingerprint density at radius 3 is 2.73 bits per heavy atom. The number of aromatic nitrogens is 1. The Labute approximate surface area is 129 Å². The van der Waals surface area contributed by atoms with E-state index >= 15 is 0 Å². The number of carbonyl (C=O) groups is 1. The van der Waals surface area contributed by atoms with Crippen molar-refractivity contribution < 1.29 is 4.79 Å². The number of aromatic amines is 1. The first-order chi connectivity index (χ1) is 10.7. The minimum absolute atomic E-state index is 0.133. The van der Waals surface area contributed by atoms with Gasteiger partial charge in [0, 0.05) is 47.2 Å². The zero-order valence-corrected chi connectivity index (χ0v) is 12.6. The highest BCUT2D eigenvalue weighted by Gasteiger charge is 2.25. The smallest absolute Gasteiger partial charge is 0.254 e. The van der Waals surface area contributed by atoms with E-state index in [1.807, 2.05) is 42.2 Å². The number of para-hydroxylation sites is 1. The fraction of sp³-hybridized carbons (Fsp3) is 0.211. The molecule has 3 aromatic rings. The minimum Gasteiger partial charge on any atom is -0.358 e. The number of fused-ring (bicyclic) bond motifs is 3. The van der Waals surface area contributed by atoms with E-state index in [-0.39, 0.29) is 5.91 Å². The fourth-order valence-corrected chi connectivity index (χ4v) is 3.32. The Morgan fingerprint density at radius 2 is 1.86 bits per heavy atom. The monoisotopic (exact) mass is 290 g/mol. The number of aryl methyl sites for hydroxylation is 1. The maximum atomic E-state index is 12.8. The third kappa shape index (κ3) is 2.01. The highest BCUT2D eigenvalue weighted by Crippen LogP contribution is 2.28. The number of hydrogen-bond donors (Lipinski definition) is 1. The Balaban J connectivity index is 1.70. The van der Waals surface area contributed by atoms with Gasteiger partial charge in [0.2, 0.25) is 0 Å². The molecule has 1 aromatic heterocycles. The number of nitrogens with zero attached hydrogens (tertiary/aromatic N) is 1. The molecule has 22 heavy (non-hydrogen) atoms. The van der Waals surface area contributed by atoms with E-state index in [0.29, 0.717) is 6.54 Å². The van der Waals surface area contributed by atoms with Gasteiger partial charge in [0.15, 0.2) is 0 Å². The van der Waals surface area contributed by atoms with Crippen molar-refractivity contribution in [2.45, 2.75) is 19.9 Å². The summed E-state index contributed by atoms with van der Waals surface area (Å²) in [5, 5.41) is 1.24. The third-order valence-corrected chi connectivity index (χ3v) is 4.55. The summed E-state index contributed by atoms with van der Waals surface area (Å²) in [6, 6.07) is 16.1. The minimum atomic E-state index is 0.133. The van der Waals surface area contributed by atoms with Crippen LogP contribution in [0.15, 0.2) is 48.5 Å². The second-order valence-corrected chi connectivity index (χ2v) is 5.92. The molecule has 0 unspecified atom stereocenters. The molecule has 1 N–H and O–H groups in total. The molecule has 2 heterocycles. The van der Waals surface area contributed by atoms with Crippen LogP contribution in [0.4, 0.5) is 0 Å². The molecule has 0 saturated heterocycles. The van der Waals surface area contributed by atoms with E-state index in [0.717, 1.165) is 29.6 Å². The van der Waals surface area contributed by atoms with Gasteiger partial charge in [0.05, 0.1) is 0 Å². The number of benzene rings is 2. The zero-order chi connectivity index (χ0) is 15.1. The molecule has 110 valence electrons. The highest BCUT2D eigenvalue weighted by atomic mass is 16.2. The summed E-state index contributed by atoms with van der Waals surface area (Å²) in [4.78, 5) is 18.3. The topological polar surface area (TPSA) is 36.1 Å². The van der Waals surface area contributed by atoms with Crippen LogP contribution < -0.4 is 0 Å². The van der Waals surface area contributed by atoms with Crippen LogP contribution >= 0.6 is 0 Å². The van der Waals surface area contributed by atoms with Crippen molar-refractivity contribution in [2.24, 2.45) is 0 Å². The van der Waals surface area contributed by atoms with Crippen molar-refractivity contribution in [3.8, 4) is 0 Å². The quantitative estimate of drug-likeness (QED) is 0.729. The molecule has 2 aromatic carbocycles. The summed E-state index contributed by atoms with van der Waals surface area (Å²) in [6.45, 7) is 3.45. The lowest BCUT2D eigenvalue weighted by molar-refractivity contribution is 0.0734. The number of carbonyl (C=O) groups excluding carboxylic acids is 1. The van der Waals surface area contributed by atoms with Crippen molar-refractivity contribution in [1.29, 1.82) is 0 Å². The number of hydrogen-bond acceptors (Lipinski definition) is 1. The van der Waals surface area contributed by atoms with Crippen LogP contribution in [-0.2, 0) is 13.0 Å². The van der Waals surface area contributed by atoms with Crippen LogP contribution in [0.2, 0.25) is 0 Å². The summed E-state index contributed by atoms with van der Waals surface area (Å²) >= 11 is 0. The van der Waals surface area contributed by atoms with E-state index < -0.39 is 0 Å². The number of nitrogens with one attached hydrogen (secondary N) is 1. The second kappa shape index (κ2) is 5.02. The molecule has 4 rings (SSSR count). The van der Waals surface area contributed by atoms with Gasteiger partial charge in [-0.3, -0.25) is 4.79 Å². The van der Waals surface area contributed by atoms with Crippen molar-refractivity contribution in [1.82, 2.24) is 9.88 Å². The number of rotatable bonds is 1. The molecule has 3 nitrogen and oxygen atoms in total. The first-order valence-corrected chi connectivity index (χ1v) is 7.67. The molecule has 0 fully saturated rings. The fourth-order valence-electron chi connectivity index (χ4n) is 3.32. The van der Waals surface area contributed by atoms with Crippen molar-refractivity contribution >= 4 is 16.8 Å². The third-order valence-electron chi connectivity index (χ3n) is 4.55. The number of H-pyrrole nitrogens is 1. The van der Waals surface area contributed by atoms with Crippen molar-refractivity contribution in [2.75, 3.05) is 6.54 Å². The summed E-state index contributed by atoms with van der Waals surface area (Å²) in [5.41, 5.74) is 5.56. The van der Waals surface area contributed by atoms with Crippen LogP contribution in [0.5, 0.6) is 0 Å². The molecular weight excluding hydrogens is 272 g/mol. The van der Waals surface area contributed by atoms with Crippen molar-refractivity contribution in [3.05, 3.63) is 70.9 Å². The van der Waals surface area contributed by atoms with E-state index in [4.69, 9.17) is 0 Å². The molecule has 3 heteroatoms. The summed E-state index contributed by atoms with van der Waals surface area (Å²) in [7, 11) is 0. The second-order valence-electron chi connectivity index (χ2n) is 5.92. The van der Waals surface area contributed by atoms with Crippen LogP contribution in [0.1, 0.15) is 27.2 Å². The van der Waals surface area contributed by atoms with E-state index in [1.165, 1.54) is 16.6 Å². The Morgan fingerprint density at radius 1 is 1.09 bits per heavy atom. The molecular formula is C19H18N2O. The first kappa shape index (κ1) is 13.1. The van der Waals surface area contributed by atoms with Crippen molar-refractivity contribution in [3.63, 3.8) is 0 Å². The number of amides is 1. The van der Waals surface area contributed by atoms with Gasteiger partial charge in [0.1, 0.15) is 0 Å². The maximum absolute atomic E-state index is 12.8. The van der Waals surface area contributed by atoms with Gasteiger partial charge >= 0.3 is 0 Å². The van der Waals surface area contributed by atoms with Crippen LogP contribution in [0.25, 0.3) is 10.9 Å². The molecule has 0 spiro atoms. The van der Waals surface area contributed by atoms with E-state index in [9.17, 15) is 4.79 Å². The standard InChI is InChI=1S/C19H18N2O/c1-13-6-2-3-7-14(13)19(22)21-11-10-18-16(12-21)15-8-4-5-9-17(15)20-18/h2-9,20H,10-12H2,1H3. The molecule has 0 radical (unpaired) electrons. The van der Waals surface area contributed by atoms with Gasteiger partial charge in [-0.05, 0) is 24.6 Å². The summed E-state index contributed by atoms with van der Waals surface area (Å²) in [6.07, 6.45) is 0.891. The summed E-state index contributed by atoms with van der Waals surface area (Å²) < 4.78 is 0. The highest BCUT2D eigenvalue weighted by molar-refractivity contribution is 5.96. The first-order valence-electron chi connectivity index (χ1n) is 7.67. The molecule has 1 aliphatic rings. The Bertz CT molecular complexity index is 863. The van der Waals surface area contributed by atoms with Gasteiger partial charge < -0.3 is 9.88 Å². The van der Waals surface area contributed by atoms with Gasteiger partial charge in [-0.15, -0.1) is 0 Å². The molecule has 1 amide bonds. The van der Waals surface area contributed by atoms with E-state index in [1.54, 1.807) is 0 Å². The summed E-state index contributed by atoms with van der Waals surface area (Å²) in [5.74, 6) is 0.133. The zero-order valence-electron chi connectivity index (χ0n) is 12.6. The molecule has 0 saturated carbocycles. The Kier molecular flexibility index (Phi) is 3.00. The van der Waals surface area contributed by atoms with Gasteiger partial charge in [-0.2, -0.15) is 0 Å². The molecule has 0 bridgehead atoms. The predicted octanol–water partition coefficient (Wildman–Crippen LogP) is 3.67. The van der Waals surface area contributed by atoms with Crippen LogP contribution in [0, 0.1) is 6.92 Å². The predicted molar refractivity (Wildman–Crippen MR) is 87.9 cm³/mol. The van der Waals surface area contributed by atoms with Gasteiger partial charge in [0.25, 0.3) is 5.91 Å². The van der Waals surface area contributed by atoms with Crippen LogP contribution in [-0.4, -0.2) is 22.3 Å². The average Bonchev–Trinajstić information content (AvgIpc) is 2.92. The normalized spacial score (nSPS) is 14.1. The molecule has 0 atom stereocenters. The lowest BCUT2D eigenvalue weighted by Crippen LogP contribution is -2.36. The average molecular weight is 290 g/mol. The van der Waals surface area contributed by atoms with Crippen LogP contribution in [0.3, 0.4) is 0 Å². The SMILES string of the molecule is Cc1ccccc1C(=O)N1CCc2[nH]c3ccccc3c2C1. The van der Waals surface area contributed by atoms with Gasteiger partial charge in [-0.25, -0.2) is 0 Å². The largest absolute Gasteiger partial charge is 0.358 e. The molecule has 1 aliphatic heterocycles. The van der Waals surface area contributed by atoms with Gasteiger partial charge in [-0.1, -0.05) is 36.4 Å². The maximum Gasteiger partial charge on any atom is 0.254 e. The Hall–Kier alpha value is -2.55. The lowest BCUT2D eigenvalue weighted by atomic mass is 10.0. The molecule has 0 aliphatic carbocycles. The van der Waals surface area contributed by atoms with E-state index in [2.05, 4.69) is 23.2 Å².